The average molecular weight is 219 g/mol. The Kier molecular flexibility index (Phi) is 9.00. The lowest BCUT2D eigenvalue weighted by molar-refractivity contribution is -0.119. The van der Waals surface area contributed by atoms with Crippen LogP contribution in [-0.4, -0.2) is 44.8 Å². The van der Waals surface area contributed by atoms with Crippen molar-refractivity contribution in [2.24, 2.45) is 5.92 Å². The van der Waals surface area contributed by atoms with Crippen LogP contribution < -0.4 is 5.32 Å². The summed E-state index contributed by atoms with van der Waals surface area (Å²) in [5.74, 6) is 0.520. The topological polar surface area (TPSA) is 50.7 Å². The zero-order valence-electron chi connectivity index (χ0n) is 10.3. The van der Waals surface area contributed by atoms with E-state index in [0.717, 1.165) is 19.4 Å². The van der Waals surface area contributed by atoms with Crippen LogP contribution in [0.1, 0.15) is 26.7 Å². The van der Waals surface area contributed by atoms with Crippen molar-refractivity contribution in [3.8, 4) is 0 Å². The molecule has 2 atom stereocenters. The predicted molar refractivity (Wildman–Crippen MR) is 60.8 cm³/mol. The van der Waals surface area contributed by atoms with Crippen LogP contribution in [0.2, 0.25) is 0 Å². The minimum absolute atomic E-state index is 0.160. The number of nitrogens with one attached hydrogen (secondary N) is 1. The summed E-state index contributed by atoms with van der Waals surface area (Å²) in [4.78, 5) is 0. The van der Waals surface area contributed by atoms with E-state index in [4.69, 9.17) is 14.6 Å². The highest BCUT2D eigenvalue weighted by molar-refractivity contribution is 4.68. The average Bonchev–Trinajstić information content (AvgIpc) is 2.25. The van der Waals surface area contributed by atoms with E-state index in [1.807, 2.05) is 6.92 Å². The fourth-order valence-electron chi connectivity index (χ4n) is 1.59. The van der Waals surface area contributed by atoms with E-state index >= 15 is 0 Å². The zero-order valence-corrected chi connectivity index (χ0v) is 10.3. The summed E-state index contributed by atoms with van der Waals surface area (Å²) in [5.41, 5.74) is 0. The number of rotatable bonds is 9. The lowest BCUT2D eigenvalue weighted by Crippen LogP contribution is -2.41. The van der Waals surface area contributed by atoms with Crippen molar-refractivity contribution in [3.05, 3.63) is 0 Å². The molecule has 0 radical (unpaired) electrons. The maximum absolute atomic E-state index is 8.86. The first-order valence-corrected chi connectivity index (χ1v) is 5.59. The summed E-state index contributed by atoms with van der Waals surface area (Å²) in [6.45, 7) is 5.31. The number of aliphatic hydroxyl groups excluding tert-OH is 1. The Balaban J connectivity index is 3.80. The Morgan fingerprint density at radius 1 is 1.27 bits per heavy atom. The van der Waals surface area contributed by atoms with Gasteiger partial charge in [-0.3, -0.25) is 0 Å². The van der Waals surface area contributed by atoms with Crippen LogP contribution in [0.3, 0.4) is 0 Å². The largest absolute Gasteiger partial charge is 0.396 e. The number of hydrogen-bond acceptors (Lipinski definition) is 4. The molecule has 0 aromatic heterocycles. The van der Waals surface area contributed by atoms with Gasteiger partial charge >= 0.3 is 0 Å². The molecule has 0 saturated heterocycles. The van der Waals surface area contributed by atoms with Gasteiger partial charge in [0.05, 0.1) is 6.04 Å². The molecule has 0 bridgehead atoms. The molecule has 0 aromatic carbocycles. The van der Waals surface area contributed by atoms with E-state index in [2.05, 4.69) is 12.2 Å². The Morgan fingerprint density at radius 3 is 2.27 bits per heavy atom. The molecule has 0 aliphatic carbocycles. The molecule has 4 heteroatoms. The van der Waals surface area contributed by atoms with Gasteiger partial charge in [-0.25, -0.2) is 0 Å². The molecule has 0 fully saturated rings. The van der Waals surface area contributed by atoms with E-state index in [1.165, 1.54) is 0 Å². The van der Waals surface area contributed by atoms with E-state index in [9.17, 15) is 0 Å². The lowest BCUT2D eigenvalue weighted by Gasteiger charge is -2.24. The second-order valence-corrected chi connectivity index (χ2v) is 3.82. The number of methoxy groups -OCH3 is 2. The first kappa shape index (κ1) is 14.8. The van der Waals surface area contributed by atoms with E-state index in [-0.39, 0.29) is 18.9 Å². The third-order valence-corrected chi connectivity index (χ3v) is 2.72. The van der Waals surface area contributed by atoms with Crippen LogP contribution in [0.4, 0.5) is 0 Å². The van der Waals surface area contributed by atoms with Crippen LogP contribution in [0.15, 0.2) is 0 Å². The molecule has 92 valence electrons. The zero-order chi connectivity index (χ0) is 11.7. The van der Waals surface area contributed by atoms with Crippen LogP contribution in [0, 0.1) is 5.92 Å². The Bertz CT molecular complexity index is 140. The molecule has 0 heterocycles. The van der Waals surface area contributed by atoms with Crippen molar-refractivity contribution in [2.75, 3.05) is 27.4 Å². The predicted octanol–water partition coefficient (Wildman–Crippen LogP) is 0.992. The number of aliphatic hydroxyl groups is 1. The number of hydrogen-bond donors (Lipinski definition) is 2. The highest BCUT2D eigenvalue weighted by Crippen LogP contribution is 2.07. The lowest BCUT2D eigenvalue weighted by atomic mass is 10.0. The SMILES string of the molecule is CCC(CCO)CNC(C)C(OC)OC. The molecule has 0 amide bonds. The van der Waals surface area contributed by atoms with E-state index in [0.29, 0.717) is 5.92 Å². The quantitative estimate of drug-likeness (QED) is 0.568. The summed E-state index contributed by atoms with van der Waals surface area (Å²) >= 11 is 0. The second-order valence-electron chi connectivity index (χ2n) is 3.82. The van der Waals surface area contributed by atoms with Crippen molar-refractivity contribution in [3.63, 3.8) is 0 Å². The van der Waals surface area contributed by atoms with Gasteiger partial charge in [-0.2, -0.15) is 0 Å². The van der Waals surface area contributed by atoms with Crippen molar-refractivity contribution < 1.29 is 14.6 Å². The molecule has 0 aliphatic heterocycles. The van der Waals surface area contributed by atoms with E-state index in [1.54, 1.807) is 14.2 Å². The molecule has 2 N–H and O–H groups in total. The fraction of sp³-hybridized carbons (Fsp3) is 1.00. The Labute approximate surface area is 93.0 Å². The molecular formula is C11H25NO3. The minimum Gasteiger partial charge on any atom is -0.396 e. The first-order chi connectivity index (χ1) is 7.19. The Morgan fingerprint density at radius 2 is 1.87 bits per heavy atom. The third kappa shape index (κ3) is 6.10. The maximum Gasteiger partial charge on any atom is 0.171 e. The van der Waals surface area contributed by atoms with Gasteiger partial charge in [-0.1, -0.05) is 13.3 Å². The Hall–Kier alpha value is -0.160. The molecule has 0 saturated carbocycles. The van der Waals surface area contributed by atoms with Gasteiger partial charge in [0.1, 0.15) is 0 Å². The smallest absolute Gasteiger partial charge is 0.171 e. The van der Waals surface area contributed by atoms with Crippen molar-refractivity contribution in [1.82, 2.24) is 5.32 Å². The summed E-state index contributed by atoms with van der Waals surface area (Å²) in [7, 11) is 3.27. The molecule has 0 spiro atoms. The normalized spacial score (nSPS) is 15.6. The van der Waals surface area contributed by atoms with Crippen molar-refractivity contribution in [2.45, 2.75) is 39.0 Å². The number of ether oxygens (including phenoxy) is 2. The van der Waals surface area contributed by atoms with Gasteiger partial charge in [0.15, 0.2) is 6.29 Å². The fourth-order valence-corrected chi connectivity index (χ4v) is 1.59. The third-order valence-electron chi connectivity index (χ3n) is 2.72. The highest BCUT2D eigenvalue weighted by atomic mass is 16.7. The second kappa shape index (κ2) is 9.09. The highest BCUT2D eigenvalue weighted by Gasteiger charge is 2.16. The van der Waals surface area contributed by atoms with Crippen molar-refractivity contribution in [1.29, 1.82) is 0 Å². The summed E-state index contributed by atoms with van der Waals surface area (Å²) in [5, 5.41) is 12.2. The summed E-state index contributed by atoms with van der Waals surface area (Å²) in [6, 6.07) is 0.160. The maximum atomic E-state index is 8.86. The molecule has 15 heavy (non-hydrogen) atoms. The first-order valence-electron chi connectivity index (χ1n) is 5.59. The molecule has 2 unspecified atom stereocenters. The van der Waals surface area contributed by atoms with Crippen molar-refractivity contribution >= 4 is 0 Å². The minimum atomic E-state index is -0.211. The van der Waals surface area contributed by atoms with E-state index < -0.39 is 0 Å². The van der Waals surface area contributed by atoms with Crippen LogP contribution in [0.5, 0.6) is 0 Å². The van der Waals surface area contributed by atoms with Gasteiger partial charge in [0.25, 0.3) is 0 Å². The molecule has 0 aliphatic rings. The van der Waals surface area contributed by atoms with Crippen LogP contribution in [0.25, 0.3) is 0 Å². The standard InChI is InChI=1S/C11H25NO3/c1-5-10(6-7-13)8-12-9(2)11(14-3)15-4/h9-13H,5-8H2,1-4H3. The van der Waals surface area contributed by atoms with Crippen LogP contribution >= 0.6 is 0 Å². The van der Waals surface area contributed by atoms with Crippen LogP contribution in [-0.2, 0) is 9.47 Å². The van der Waals surface area contributed by atoms with Gasteiger partial charge in [-0.05, 0) is 25.8 Å². The summed E-state index contributed by atoms with van der Waals surface area (Å²) in [6.07, 6.45) is 1.71. The van der Waals surface area contributed by atoms with Gasteiger partial charge in [0, 0.05) is 20.8 Å². The molecule has 0 aromatic rings. The van der Waals surface area contributed by atoms with Gasteiger partial charge < -0.3 is 19.9 Å². The molecule has 4 nitrogen and oxygen atoms in total. The molecular weight excluding hydrogens is 194 g/mol. The molecule has 0 rings (SSSR count). The van der Waals surface area contributed by atoms with Gasteiger partial charge in [0.2, 0.25) is 0 Å². The monoisotopic (exact) mass is 219 g/mol. The summed E-state index contributed by atoms with van der Waals surface area (Å²) < 4.78 is 10.3. The van der Waals surface area contributed by atoms with Gasteiger partial charge in [-0.15, -0.1) is 0 Å².